The fourth-order valence-corrected chi connectivity index (χ4v) is 2.53. The monoisotopic (exact) mass is 305 g/mol. The lowest BCUT2D eigenvalue weighted by molar-refractivity contribution is -0.117. The van der Waals surface area contributed by atoms with Gasteiger partial charge in [0.25, 0.3) is 0 Å². The molecule has 10 heteroatoms. The zero-order chi connectivity index (χ0) is 14.1. The number of nitrogens with one attached hydrogen (secondary N) is 3. The Labute approximate surface area is 118 Å². The molecule has 1 aromatic heterocycles. The van der Waals surface area contributed by atoms with E-state index < -0.39 is 6.03 Å². The van der Waals surface area contributed by atoms with Gasteiger partial charge < -0.3 is 15.4 Å². The van der Waals surface area contributed by atoms with Crippen molar-refractivity contribution in [2.24, 2.45) is 0 Å². The summed E-state index contributed by atoms with van der Waals surface area (Å²) in [6, 6.07) is -0.523. The van der Waals surface area contributed by atoms with Crippen LogP contribution in [0.4, 0.5) is 9.93 Å². The lowest BCUT2D eigenvalue weighted by Crippen LogP contribution is -2.38. The molecule has 8 nitrogen and oxygen atoms in total. The first-order chi connectivity index (χ1) is 9.15. The Balaban J connectivity index is 2.29. The standard InChI is InChI=1S/C9H15N5O3S2/c1-10-7(16)12-6(15)5-18-9-14-13-8(19-9)11-3-4-17-2/h3-5H2,1-2H3,(H,11,13)(H2,10,12,15,16). The van der Waals surface area contributed by atoms with Crippen molar-refractivity contribution in [3.05, 3.63) is 0 Å². The van der Waals surface area contributed by atoms with Crippen molar-refractivity contribution in [3.8, 4) is 0 Å². The molecule has 0 aliphatic carbocycles. The van der Waals surface area contributed by atoms with E-state index in [1.807, 2.05) is 0 Å². The SMILES string of the molecule is CNC(=O)NC(=O)CSc1nnc(NCCOC)s1. The number of amides is 3. The van der Waals surface area contributed by atoms with E-state index in [4.69, 9.17) is 4.74 Å². The smallest absolute Gasteiger partial charge is 0.321 e. The highest BCUT2D eigenvalue weighted by Crippen LogP contribution is 2.24. The number of anilines is 1. The van der Waals surface area contributed by atoms with Crippen LogP contribution in [0.15, 0.2) is 4.34 Å². The highest BCUT2D eigenvalue weighted by molar-refractivity contribution is 8.01. The number of nitrogens with zero attached hydrogens (tertiary/aromatic N) is 2. The van der Waals surface area contributed by atoms with Crippen LogP contribution in [0, 0.1) is 0 Å². The molecule has 1 aromatic rings. The number of methoxy groups -OCH3 is 1. The zero-order valence-corrected chi connectivity index (χ0v) is 12.2. The summed E-state index contributed by atoms with van der Waals surface area (Å²) in [5, 5.41) is 16.0. The van der Waals surface area contributed by atoms with Crippen LogP contribution in [-0.4, -0.2) is 55.2 Å². The van der Waals surface area contributed by atoms with E-state index in [0.29, 0.717) is 22.6 Å². The van der Waals surface area contributed by atoms with Gasteiger partial charge in [0.1, 0.15) is 0 Å². The molecule has 0 spiro atoms. The van der Waals surface area contributed by atoms with E-state index in [1.165, 1.54) is 30.1 Å². The molecule has 3 N–H and O–H groups in total. The first-order valence-corrected chi connectivity index (χ1v) is 7.16. The summed E-state index contributed by atoms with van der Waals surface area (Å²) in [5.41, 5.74) is 0. The number of carbonyl (C=O) groups excluding carboxylic acids is 2. The lowest BCUT2D eigenvalue weighted by Gasteiger charge is -2.00. The lowest BCUT2D eigenvalue weighted by atomic mass is 10.7. The molecule has 0 radical (unpaired) electrons. The number of hydrogen-bond acceptors (Lipinski definition) is 8. The molecule has 106 valence electrons. The van der Waals surface area contributed by atoms with Gasteiger partial charge in [0.05, 0.1) is 12.4 Å². The molecular weight excluding hydrogens is 290 g/mol. The molecule has 3 amide bonds. The fraction of sp³-hybridized carbons (Fsp3) is 0.556. The van der Waals surface area contributed by atoms with Crippen LogP contribution in [0.25, 0.3) is 0 Å². The molecule has 1 heterocycles. The molecule has 0 aliphatic rings. The second-order valence-corrected chi connectivity index (χ2v) is 5.41. The number of rotatable bonds is 7. The second kappa shape index (κ2) is 8.67. The summed E-state index contributed by atoms with van der Waals surface area (Å²) in [7, 11) is 3.06. The maximum Gasteiger partial charge on any atom is 0.321 e. The van der Waals surface area contributed by atoms with Gasteiger partial charge in [-0.25, -0.2) is 4.79 Å². The minimum atomic E-state index is -0.523. The molecular formula is C9H15N5O3S2. The van der Waals surface area contributed by atoms with Crippen LogP contribution in [-0.2, 0) is 9.53 Å². The quantitative estimate of drug-likeness (QED) is 0.486. The van der Waals surface area contributed by atoms with Crippen molar-refractivity contribution in [1.29, 1.82) is 0 Å². The van der Waals surface area contributed by atoms with E-state index in [9.17, 15) is 9.59 Å². The van der Waals surface area contributed by atoms with Crippen LogP contribution in [0.1, 0.15) is 0 Å². The van der Waals surface area contributed by atoms with Gasteiger partial charge in [-0.2, -0.15) is 0 Å². The minimum absolute atomic E-state index is 0.111. The van der Waals surface area contributed by atoms with Crippen molar-refractivity contribution in [1.82, 2.24) is 20.8 Å². The fourth-order valence-electron chi connectivity index (χ4n) is 0.952. The van der Waals surface area contributed by atoms with Crippen molar-refractivity contribution in [3.63, 3.8) is 0 Å². The van der Waals surface area contributed by atoms with Crippen LogP contribution in [0.3, 0.4) is 0 Å². The van der Waals surface area contributed by atoms with Crippen molar-refractivity contribution >= 4 is 40.2 Å². The second-order valence-electron chi connectivity index (χ2n) is 3.21. The number of carbonyl (C=O) groups is 2. The van der Waals surface area contributed by atoms with Crippen molar-refractivity contribution in [2.45, 2.75) is 4.34 Å². The Hall–Kier alpha value is -1.39. The van der Waals surface area contributed by atoms with Gasteiger partial charge >= 0.3 is 6.03 Å². The largest absolute Gasteiger partial charge is 0.383 e. The zero-order valence-electron chi connectivity index (χ0n) is 10.6. The summed E-state index contributed by atoms with van der Waals surface area (Å²) in [6.45, 7) is 1.23. The predicted octanol–water partition coefficient (Wildman–Crippen LogP) is 0.144. The van der Waals surface area contributed by atoms with Crippen molar-refractivity contribution in [2.75, 3.05) is 38.4 Å². The average molecular weight is 305 g/mol. The summed E-state index contributed by atoms with van der Waals surface area (Å²) in [6.07, 6.45) is 0. The van der Waals surface area contributed by atoms with Gasteiger partial charge in [-0.1, -0.05) is 23.1 Å². The third kappa shape index (κ3) is 6.36. The van der Waals surface area contributed by atoms with E-state index in [2.05, 4.69) is 26.1 Å². The number of urea groups is 1. The van der Waals surface area contributed by atoms with E-state index >= 15 is 0 Å². The molecule has 0 saturated heterocycles. The third-order valence-corrected chi connectivity index (χ3v) is 3.81. The number of imide groups is 1. The number of hydrogen-bond donors (Lipinski definition) is 3. The van der Waals surface area contributed by atoms with Gasteiger partial charge in [-0.15, -0.1) is 10.2 Å². The number of thioether (sulfide) groups is 1. The summed E-state index contributed by atoms with van der Waals surface area (Å²) in [4.78, 5) is 22.2. The van der Waals surface area contributed by atoms with Gasteiger partial charge in [-0.3, -0.25) is 10.1 Å². The maximum absolute atomic E-state index is 11.3. The summed E-state index contributed by atoms with van der Waals surface area (Å²) >= 11 is 2.57. The van der Waals surface area contributed by atoms with Crippen LogP contribution in [0.5, 0.6) is 0 Å². The Kier molecular flexibility index (Phi) is 7.15. The maximum atomic E-state index is 11.3. The Morgan fingerprint density at radius 1 is 1.42 bits per heavy atom. The number of ether oxygens (including phenoxy) is 1. The molecule has 0 fully saturated rings. The third-order valence-electron chi connectivity index (χ3n) is 1.80. The minimum Gasteiger partial charge on any atom is -0.383 e. The van der Waals surface area contributed by atoms with E-state index in [0.717, 1.165) is 0 Å². The van der Waals surface area contributed by atoms with Crippen LogP contribution < -0.4 is 16.0 Å². The van der Waals surface area contributed by atoms with Gasteiger partial charge in [0, 0.05) is 20.7 Å². The molecule has 1 rings (SSSR count). The van der Waals surface area contributed by atoms with Gasteiger partial charge in [0.15, 0.2) is 4.34 Å². The van der Waals surface area contributed by atoms with Gasteiger partial charge in [0.2, 0.25) is 11.0 Å². The Morgan fingerprint density at radius 3 is 2.89 bits per heavy atom. The molecule has 0 bridgehead atoms. The molecule has 0 unspecified atom stereocenters. The van der Waals surface area contributed by atoms with Crippen LogP contribution in [0.2, 0.25) is 0 Å². The molecule has 0 atom stereocenters. The first-order valence-electron chi connectivity index (χ1n) is 5.36. The predicted molar refractivity (Wildman–Crippen MR) is 73.6 cm³/mol. The molecule has 0 aromatic carbocycles. The Morgan fingerprint density at radius 2 is 2.21 bits per heavy atom. The van der Waals surface area contributed by atoms with Gasteiger partial charge in [-0.05, 0) is 0 Å². The normalized spacial score (nSPS) is 10.0. The summed E-state index contributed by atoms with van der Waals surface area (Å²) < 4.78 is 5.55. The van der Waals surface area contributed by atoms with E-state index in [1.54, 1.807) is 7.11 Å². The summed E-state index contributed by atoms with van der Waals surface area (Å²) in [5.74, 6) is -0.270. The molecule has 0 aliphatic heterocycles. The first kappa shape index (κ1) is 15.7. The highest BCUT2D eigenvalue weighted by atomic mass is 32.2. The van der Waals surface area contributed by atoms with E-state index in [-0.39, 0.29) is 11.7 Å². The average Bonchev–Trinajstić information content (AvgIpc) is 2.84. The highest BCUT2D eigenvalue weighted by Gasteiger charge is 2.09. The van der Waals surface area contributed by atoms with Crippen molar-refractivity contribution < 1.29 is 14.3 Å². The molecule has 0 saturated carbocycles. The number of aromatic nitrogens is 2. The topological polar surface area (TPSA) is 105 Å². The Bertz CT molecular complexity index is 426. The van der Waals surface area contributed by atoms with Crippen LogP contribution >= 0.6 is 23.1 Å². The molecule has 19 heavy (non-hydrogen) atoms.